The summed E-state index contributed by atoms with van der Waals surface area (Å²) in [7, 11) is 0. The number of amides is 2. The number of hydrogen-bond acceptors (Lipinski definition) is 5. The molecule has 0 aliphatic rings. The maximum absolute atomic E-state index is 12.5. The second-order valence-corrected chi connectivity index (χ2v) is 6.43. The van der Waals surface area contributed by atoms with Gasteiger partial charge in [-0.2, -0.15) is 0 Å². The summed E-state index contributed by atoms with van der Waals surface area (Å²) in [4.78, 5) is 24.8. The van der Waals surface area contributed by atoms with E-state index >= 15 is 0 Å². The number of benzene rings is 2. The average Bonchev–Trinajstić information content (AvgIpc) is 2.75. The number of anilines is 1. The highest BCUT2D eigenvalue weighted by Gasteiger charge is 2.13. The van der Waals surface area contributed by atoms with E-state index in [2.05, 4.69) is 22.5 Å². The van der Waals surface area contributed by atoms with E-state index in [-0.39, 0.29) is 11.0 Å². The van der Waals surface area contributed by atoms with Gasteiger partial charge in [0.2, 0.25) is 0 Å². The third kappa shape index (κ3) is 7.31. The predicted molar refractivity (Wildman–Crippen MR) is 121 cm³/mol. The minimum atomic E-state index is -0.392. The molecule has 8 heteroatoms. The fourth-order valence-electron chi connectivity index (χ4n) is 2.47. The lowest BCUT2D eigenvalue weighted by atomic mass is 10.1. The predicted octanol–water partition coefficient (Wildman–Crippen LogP) is 3.14. The zero-order chi connectivity index (χ0) is 21.8. The molecule has 2 aromatic rings. The third-order valence-corrected chi connectivity index (χ3v) is 4.05. The van der Waals surface area contributed by atoms with Crippen molar-refractivity contribution in [1.29, 1.82) is 0 Å². The molecule has 0 bridgehead atoms. The number of nitrogens with one attached hydrogen (secondary N) is 3. The van der Waals surface area contributed by atoms with Crippen LogP contribution in [0.25, 0.3) is 0 Å². The van der Waals surface area contributed by atoms with Gasteiger partial charge in [0.25, 0.3) is 11.8 Å². The van der Waals surface area contributed by atoms with Gasteiger partial charge < -0.3 is 20.1 Å². The van der Waals surface area contributed by atoms with Crippen LogP contribution in [0.2, 0.25) is 0 Å². The Labute approximate surface area is 181 Å². The molecule has 2 rings (SSSR count). The molecule has 0 unspecified atom stereocenters. The molecule has 0 saturated carbocycles. The largest absolute Gasteiger partial charge is 0.491 e. The van der Waals surface area contributed by atoms with Crippen LogP contribution in [0.4, 0.5) is 5.69 Å². The number of thiocarbonyl (C=S) groups is 1. The summed E-state index contributed by atoms with van der Waals surface area (Å²) in [6.45, 7) is 7.32. The lowest BCUT2D eigenvalue weighted by Crippen LogP contribution is -2.35. The highest BCUT2D eigenvalue weighted by atomic mass is 32.1. The topological polar surface area (TPSA) is 88.7 Å². The summed E-state index contributed by atoms with van der Waals surface area (Å²) < 4.78 is 10.8. The molecule has 0 spiro atoms. The van der Waals surface area contributed by atoms with Gasteiger partial charge in [0.05, 0.1) is 17.9 Å². The van der Waals surface area contributed by atoms with E-state index in [0.29, 0.717) is 48.9 Å². The first kappa shape index (κ1) is 23.1. The average molecular weight is 428 g/mol. The molecule has 7 nitrogen and oxygen atoms in total. The number of carbonyl (C=O) groups is 2. The van der Waals surface area contributed by atoms with Crippen LogP contribution < -0.4 is 20.7 Å². The summed E-state index contributed by atoms with van der Waals surface area (Å²) in [5, 5.41) is 8.29. The minimum absolute atomic E-state index is 0.0756. The van der Waals surface area contributed by atoms with E-state index in [1.807, 2.05) is 6.92 Å². The maximum Gasteiger partial charge on any atom is 0.257 e. The zero-order valence-corrected chi connectivity index (χ0v) is 17.6. The molecule has 30 heavy (non-hydrogen) atoms. The number of ether oxygens (including phenoxy) is 2. The van der Waals surface area contributed by atoms with Crippen LogP contribution in [-0.2, 0) is 4.74 Å². The fraction of sp³-hybridized carbons (Fsp3) is 0.227. The molecule has 0 aromatic heterocycles. The van der Waals surface area contributed by atoms with E-state index in [1.165, 1.54) is 0 Å². The Morgan fingerprint density at radius 1 is 1.10 bits per heavy atom. The van der Waals surface area contributed by atoms with Crippen LogP contribution >= 0.6 is 12.2 Å². The number of rotatable bonds is 10. The number of carbonyl (C=O) groups excluding carboxylic acids is 2. The molecule has 3 N–H and O–H groups in total. The molecule has 0 saturated heterocycles. The van der Waals surface area contributed by atoms with E-state index in [1.54, 1.807) is 54.6 Å². The van der Waals surface area contributed by atoms with E-state index in [0.717, 1.165) is 0 Å². The van der Waals surface area contributed by atoms with Gasteiger partial charge in [-0.25, -0.2) is 0 Å². The van der Waals surface area contributed by atoms with Crippen LogP contribution in [0.15, 0.2) is 61.2 Å². The highest BCUT2D eigenvalue weighted by molar-refractivity contribution is 7.80. The van der Waals surface area contributed by atoms with Gasteiger partial charge in [-0.1, -0.05) is 24.3 Å². The minimum Gasteiger partial charge on any atom is -0.491 e. The van der Waals surface area contributed by atoms with Crippen molar-refractivity contribution < 1.29 is 19.1 Å². The Kier molecular flexibility index (Phi) is 9.50. The molecule has 0 aliphatic carbocycles. The molecular weight excluding hydrogens is 402 g/mol. The van der Waals surface area contributed by atoms with Crippen LogP contribution in [0.1, 0.15) is 27.6 Å². The van der Waals surface area contributed by atoms with Crippen LogP contribution in [-0.4, -0.2) is 43.3 Å². The Hall–Kier alpha value is -3.23. The highest BCUT2D eigenvalue weighted by Crippen LogP contribution is 2.16. The van der Waals surface area contributed by atoms with Gasteiger partial charge in [0.15, 0.2) is 5.11 Å². The smallest absolute Gasteiger partial charge is 0.257 e. The quantitative estimate of drug-likeness (QED) is 0.307. The summed E-state index contributed by atoms with van der Waals surface area (Å²) in [6, 6.07) is 13.6. The Balaban J connectivity index is 1.98. The van der Waals surface area contributed by atoms with Crippen molar-refractivity contribution in [2.24, 2.45) is 0 Å². The van der Waals surface area contributed by atoms with Gasteiger partial charge in [0.1, 0.15) is 12.4 Å². The summed E-state index contributed by atoms with van der Waals surface area (Å²) in [6.07, 6.45) is 1.59. The maximum atomic E-state index is 12.5. The van der Waals surface area contributed by atoms with Gasteiger partial charge >= 0.3 is 0 Å². The Morgan fingerprint density at radius 2 is 1.90 bits per heavy atom. The van der Waals surface area contributed by atoms with Crippen molar-refractivity contribution in [3.05, 3.63) is 72.3 Å². The first-order valence-corrected chi connectivity index (χ1v) is 9.87. The second kappa shape index (κ2) is 12.4. The third-order valence-electron chi connectivity index (χ3n) is 3.85. The number of para-hydroxylation sites is 1. The number of hydrogen-bond donors (Lipinski definition) is 3. The van der Waals surface area contributed by atoms with E-state index in [4.69, 9.17) is 21.7 Å². The van der Waals surface area contributed by atoms with Crippen molar-refractivity contribution in [3.8, 4) is 5.75 Å². The molecule has 0 heterocycles. The standard InChI is InChI=1S/C22H25N3O4S/c1-3-12-23-21(27)18-10-5-6-11-19(18)24-22(30)25-20(26)16-8-7-9-17(15-16)29-14-13-28-4-2/h3,5-11,15H,1,4,12-14H2,2H3,(H,23,27)(H2,24,25,26,30). The molecule has 0 fully saturated rings. The molecule has 0 aliphatic heterocycles. The van der Waals surface area contributed by atoms with Gasteiger partial charge in [0, 0.05) is 18.7 Å². The first-order chi connectivity index (χ1) is 14.5. The molecule has 2 amide bonds. The van der Waals surface area contributed by atoms with Crippen molar-refractivity contribution in [2.75, 3.05) is 31.7 Å². The summed E-state index contributed by atoms with van der Waals surface area (Å²) in [5.41, 5.74) is 1.28. The van der Waals surface area contributed by atoms with Crippen molar-refractivity contribution in [3.63, 3.8) is 0 Å². The van der Waals surface area contributed by atoms with E-state index < -0.39 is 5.91 Å². The SMILES string of the molecule is C=CCNC(=O)c1ccccc1NC(=S)NC(=O)c1cccc(OCCOCC)c1. The van der Waals surface area contributed by atoms with Crippen molar-refractivity contribution >= 4 is 34.8 Å². The van der Waals surface area contributed by atoms with E-state index in [9.17, 15) is 9.59 Å². The molecule has 0 atom stereocenters. The van der Waals surface area contributed by atoms with Crippen LogP contribution in [0.5, 0.6) is 5.75 Å². The van der Waals surface area contributed by atoms with Crippen LogP contribution in [0, 0.1) is 0 Å². The molecular formula is C22H25N3O4S. The van der Waals surface area contributed by atoms with Gasteiger partial charge in [-0.3, -0.25) is 14.9 Å². The second-order valence-electron chi connectivity index (χ2n) is 6.03. The normalized spacial score (nSPS) is 10.0. The van der Waals surface area contributed by atoms with Crippen molar-refractivity contribution in [2.45, 2.75) is 6.92 Å². The first-order valence-electron chi connectivity index (χ1n) is 9.46. The fourth-order valence-corrected chi connectivity index (χ4v) is 2.67. The monoisotopic (exact) mass is 427 g/mol. The molecule has 2 aromatic carbocycles. The zero-order valence-electron chi connectivity index (χ0n) is 16.8. The lowest BCUT2D eigenvalue weighted by molar-refractivity contribution is 0.0956. The lowest BCUT2D eigenvalue weighted by Gasteiger charge is -2.13. The molecule has 0 radical (unpaired) electrons. The van der Waals surface area contributed by atoms with Gasteiger partial charge in [-0.05, 0) is 49.5 Å². The Morgan fingerprint density at radius 3 is 2.67 bits per heavy atom. The van der Waals surface area contributed by atoms with Gasteiger partial charge in [-0.15, -0.1) is 6.58 Å². The summed E-state index contributed by atoms with van der Waals surface area (Å²) in [5.74, 6) is -0.106. The van der Waals surface area contributed by atoms with Crippen LogP contribution in [0.3, 0.4) is 0 Å². The Bertz CT molecular complexity index is 901. The summed E-state index contributed by atoms with van der Waals surface area (Å²) >= 11 is 5.24. The van der Waals surface area contributed by atoms with Crippen molar-refractivity contribution in [1.82, 2.24) is 10.6 Å². The molecule has 158 valence electrons.